The van der Waals surface area contributed by atoms with E-state index in [9.17, 15) is 9.59 Å². The van der Waals surface area contributed by atoms with Gasteiger partial charge in [-0.15, -0.1) is 0 Å². The van der Waals surface area contributed by atoms with Crippen LogP contribution in [-0.4, -0.2) is 41.5 Å². The van der Waals surface area contributed by atoms with Gasteiger partial charge in [0.25, 0.3) is 5.91 Å². The Morgan fingerprint density at radius 2 is 1.84 bits per heavy atom. The molecule has 0 bridgehead atoms. The van der Waals surface area contributed by atoms with Crippen LogP contribution in [0.4, 0.5) is 4.79 Å². The molecule has 1 aliphatic heterocycles. The second kappa shape index (κ2) is 7.93. The molecule has 2 N–H and O–H groups in total. The van der Waals surface area contributed by atoms with Crippen molar-refractivity contribution in [3.8, 4) is 0 Å². The van der Waals surface area contributed by atoms with Gasteiger partial charge < -0.3 is 20.0 Å². The Labute approximate surface area is 150 Å². The lowest BCUT2D eigenvalue weighted by Gasteiger charge is -2.34. The first-order chi connectivity index (χ1) is 11.7. The van der Waals surface area contributed by atoms with E-state index in [0.29, 0.717) is 18.8 Å². The van der Waals surface area contributed by atoms with Crippen LogP contribution in [0.2, 0.25) is 0 Å². The third-order valence-corrected chi connectivity index (χ3v) is 4.42. The summed E-state index contributed by atoms with van der Waals surface area (Å²) in [6, 6.07) is 1.88. The second-order valence-electron chi connectivity index (χ2n) is 7.68. The molecule has 25 heavy (non-hydrogen) atoms. The van der Waals surface area contributed by atoms with Crippen LogP contribution in [0.1, 0.15) is 69.3 Å². The van der Waals surface area contributed by atoms with Crippen molar-refractivity contribution in [2.24, 2.45) is 0 Å². The summed E-state index contributed by atoms with van der Waals surface area (Å²) in [6.07, 6.45) is 3.16. The lowest BCUT2D eigenvalue weighted by atomic mass is 10.0. The smallest absolute Gasteiger partial charge is 0.317 e. The lowest BCUT2D eigenvalue weighted by Crippen LogP contribution is -2.53. The summed E-state index contributed by atoms with van der Waals surface area (Å²) in [5.74, 6) is 1.12. The highest BCUT2D eigenvalue weighted by Gasteiger charge is 2.27. The molecule has 1 saturated heterocycles. The molecule has 140 valence electrons. The van der Waals surface area contributed by atoms with Gasteiger partial charge in [0.05, 0.1) is 0 Å². The van der Waals surface area contributed by atoms with Gasteiger partial charge in [0.1, 0.15) is 5.76 Å². The number of hydrogen-bond donors (Lipinski definition) is 2. The Balaban J connectivity index is 1.86. The molecule has 2 rings (SSSR count). The molecule has 2 heterocycles. The highest BCUT2D eigenvalue weighted by Crippen LogP contribution is 2.18. The van der Waals surface area contributed by atoms with Gasteiger partial charge in [-0.2, -0.15) is 0 Å². The first-order valence-corrected chi connectivity index (χ1v) is 9.23. The van der Waals surface area contributed by atoms with E-state index in [1.165, 1.54) is 0 Å². The summed E-state index contributed by atoms with van der Waals surface area (Å²) < 4.78 is 5.69. The molecule has 0 unspecified atom stereocenters. The van der Waals surface area contributed by atoms with E-state index >= 15 is 0 Å². The van der Waals surface area contributed by atoms with E-state index in [1.807, 2.05) is 38.7 Å². The number of hydrogen-bond acceptors (Lipinski definition) is 3. The molecular formula is C19H31N3O3. The van der Waals surface area contributed by atoms with E-state index < -0.39 is 0 Å². The Hall–Kier alpha value is -1.98. The maximum atomic E-state index is 12.4. The molecule has 3 amide bonds. The number of rotatable bonds is 4. The molecule has 0 aromatic carbocycles. The van der Waals surface area contributed by atoms with Crippen molar-refractivity contribution in [2.45, 2.75) is 71.9 Å². The van der Waals surface area contributed by atoms with Crippen molar-refractivity contribution in [3.63, 3.8) is 0 Å². The summed E-state index contributed by atoms with van der Waals surface area (Å²) in [6.45, 7) is 11.3. The predicted octanol–water partition coefficient (Wildman–Crippen LogP) is 3.11. The van der Waals surface area contributed by atoms with Crippen molar-refractivity contribution in [1.29, 1.82) is 0 Å². The minimum absolute atomic E-state index is 0.0384. The first-order valence-electron chi connectivity index (χ1n) is 9.23. The van der Waals surface area contributed by atoms with Gasteiger partial charge in [-0.05, 0) is 51.7 Å². The number of likely N-dealkylation sites (tertiary alicyclic amines) is 1. The van der Waals surface area contributed by atoms with E-state index in [1.54, 1.807) is 0 Å². The average Bonchev–Trinajstić information content (AvgIpc) is 2.97. The molecule has 6 heteroatoms. The lowest BCUT2D eigenvalue weighted by molar-refractivity contribution is 0.0887. The minimum atomic E-state index is -0.241. The maximum absolute atomic E-state index is 12.4. The zero-order chi connectivity index (χ0) is 18.6. The van der Waals surface area contributed by atoms with E-state index in [2.05, 4.69) is 17.6 Å². The molecule has 1 aromatic rings. The molecule has 0 spiro atoms. The molecular weight excluding hydrogens is 318 g/mol. The number of piperidine rings is 1. The average molecular weight is 349 g/mol. The number of furan rings is 1. The van der Waals surface area contributed by atoms with Crippen molar-refractivity contribution < 1.29 is 14.0 Å². The number of nitrogens with zero attached hydrogens (tertiary/aromatic N) is 1. The zero-order valence-corrected chi connectivity index (χ0v) is 16.1. The number of carbonyl (C=O) groups is 2. The fourth-order valence-corrected chi connectivity index (χ4v) is 3.06. The fourth-order valence-electron chi connectivity index (χ4n) is 3.06. The molecule has 1 fully saturated rings. The largest absolute Gasteiger partial charge is 0.456 e. The monoisotopic (exact) mass is 349 g/mol. The van der Waals surface area contributed by atoms with Crippen molar-refractivity contribution in [2.75, 3.05) is 13.1 Å². The van der Waals surface area contributed by atoms with Crippen LogP contribution in [0.3, 0.4) is 0 Å². The van der Waals surface area contributed by atoms with Crippen LogP contribution in [-0.2, 0) is 12.8 Å². The highest BCUT2D eigenvalue weighted by molar-refractivity contribution is 5.92. The quantitative estimate of drug-likeness (QED) is 0.877. The van der Waals surface area contributed by atoms with Crippen LogP contribution in [0.5, 0.6) is 0 Å². The van der Waals surface area contributed by atoms with E-state index in [0.717, 1.165) is 37.0 Å². The van der Waals surface area contributed by atoms with Gasteiger partial charge in [-0.3, -0.25) is 4.79 Å². The fraction of sp³-hybridized carbons (Fsp3) is 0.684. The minimum Gasteiger partial charge on any atom is -0.456 e. The van der Waals surface area contributed by atoms with Crippen LogP contribution in [0, 0.1) is 0 Å². The number of aryl methyl sites for hydroxylation is 2. The van der Waals surface area contributed by atoms with Gasteiger partial charge in [-0.25, -0.2) is 4.79 Å². The summed E-state index contributed by atoms with van der Waals surface area (Å²) in [7, 11) is 0. The van der Waals surface area contributed by atoms with Crippen molar-refractivity contribution >= 4 is 11.9 Å². The van der Waals surface area contributed by atoms with E-state index in [4.69, 9.17) is 4.42 Å². The SMILES string of the molecule is CCc1cc(C(=O)NC2CCN(C(=O)NC(C)(C)C)CC2)oc1CC. The topological polar surface area (TPSA) is 74.6 Å². The maximum Gasteiger partial charge on any atom is 0.317 e. The third kappa shape index (κ3) is 5.25. The normalized spacial score (nSPS) is 16.0. The zero-order valence-electron chi connectivity index (χ0n) is 16.1. The van der Waals surface area contributed by atoms with Gasteiger partial charge in [0, 0.05) is 31.1 Å². The Kier molecular flexibility index (Phi) is 6.14. The van der Waals surface area contributed by atoms with Crippen LogP contribution >= 0.6 is 0 Å². The molecule has 6 nitrogen and oxygen atoms in total. The summed E-state index contributed by atoms with van der Waals surface area (Å²) >= 11 is 0. The van der Waals surface area contributed by atoms with E-state index in [-0.39, 0.29) is 23.5 Å². The van der Waals surface area contributed by atoms with Crippen LogP contribution in [0.15, 0.2) is 10.5 Å². The predicted molar refractivity (Wildman–Crippen MR) is 97.8 cm³/mol. The molecule has 0 radical (unpaired) electrons. The number of urea groups is 1. The van der Waals surface area contributed by atoms with Crippen molar-refractivity contribution in [3.05, 3.63) is 23.2 Å². The molecule has 0 saturated carbocycles. The van der Waals surface area contributed by atoms with Crippen LogP contribution < -0.4 is 10.6 Å². The molecule has 0 aliphatic carbocycles. The van der Waals surface area contributed by atoms with Crippen molar-refractivity contribution in [1.82, 2.24) is 15.5 Å². The second-order valence-corrected chi connectivity index (χ2v) is 7.68. The van der Waals surface area contributed by atoms with Gasteiger partial charge in [0.15, 0.2) is 5.76 Å². The summed E-state index contributed by atoms with van der Waals surface area (Å²) in [5, 5.41) is 6.02. The summed E-state index contributed by atoms with van der Waals surface area (Å²) in [4.78, 5) is 26.4. The highest BCUT2D eigenvalue weighted by atomic mass is 16.4. The van der Waals surface area contributed by atoms with Gasteiger partial charge in [0.2, 0.25) is 0 Å². The Bertz CT molecular complexity index is 586. The number of amides is 3. The molecule has 0 atom stereocenters. The molecule has 1 aromatic heterocycles. The van der Waals surface area contributed by atoms with Crippen LogP contribution in [0.25, 0.3) is 0 Å². The third-order valence-electron chi connectivity index (χ3n) is 4.42. The Morgan fingerprint density at radius 1 is 1.20 bits per heavy atom. The summed E-state index contributed by atoms with van der Waals surface area (Å²) in [5.41, 5.74) is 0.858. The number of carbonyl (C=O) groups excluding carboxylic acids is 2. The first kappa shape index (κ1) is 19.3. The van der Waals surface area contributed by atoms with Gasteiger partial charge in [-0.1, -0.05) is 13.8 Å². The Morgan fingerprint density at radius 3 is 2.32 bits per heavy atom. The number of nitrogens with one attached hydrogen (secondary N) is 2. The van der Waals surface area contributed by atoms with Gasteiger partial charge >= 0.3 is 6.03 Å². The molecule has 1 aliphatic rings. The standard InChI is InChI=1S/C19H31N3O3/c1-6-13-12-16(25-15(13)7-2)17(23)20-14-8-10-22(11-9-14)18(24)21-19(3,4)5/h12,14H,6-11H2,1-5H3,(H,20,23)(H,21,24).